The Morgan fingerprint density at radius 3 is 2.89 bits per heavy atom. The lowest BCUT2D eigenvalue weighted by Gasteiger charge is -2.32. The lowest BCUT2D eigenvalue weighted by Crippen LogP contribution is -2.44. The highest BCUT2D eigenvalue weighted by atomic mass is 16.5. The van der Waals surface area contributed by atoms with E-state index in [1.54, 1.807) is 0 Å². The molecule has 3 nitrogen and oxygen atoms in total. The Morgan fingerprint density at radius 1 is 1.44 bits per heavy atom. The van der Waals surface area contributed by atoms with E-state index >= 15 is 0 Å². The van der Waals surface area contributed by atoms with Crippen LogP contribution in [0.5, 0.6) is 5.75 Å². The van der Waals surface area contributed by atoms with E-state index in [0.29, 0.717) is 6.54 Å². The summed E-state index contributed by atoms with van der Waals surface area (Å²) in [7, 11) is 0. The zero-order valence-corrected chi connectivity index (χ0v) is 11.4. The van der Waals surface area contributed by atoms with Crippen molar-refractivity contribution in [3.63, 3.8) is 0 Å². The molecule has 2 N–H and O–H groups in total. The molecule has 3 heteroatoms. The van der Waals surface area contributed by atoms with Crippen molar-refractivity contribution in [2.45, 2.75) is 38.8 Å². The van der Waals surface area contributed by atoms with Gasteiger partial charge < -0.3 is 15.2 Å². The fourth-order valence-electron chi connectivity index (χ4n) is 2.09. The fourth-order valence-corrected chi connectivity index (χ4v) is 2.09. The first-order valence-corrected chi connectivity index (χ1v) is 6.68. The molecule has 0 aliphatic carbocycles. The molecular weight excluding hydrogens is 226 g/mol. The van der Waals surface area contributed by atoms with E-state index in [-0.39, 0.29) is 12.0 Å². The second-order valence-electron chi connectivity index (χ2n) is 5.62. The van der Waals surface area contributed by atoms with Crippen LogP contribution in [0.4, 0.5) is 0 Å². The van der Waals surface area contributed by atoms with Crippen molar-refractivity contribution in [2.75, 3.05) is 13.2 Å². The number of fused-ring (bicyclic) bond motifs is 1. The minimum absolute atomic E-state index is 0.236. The summed E-state index contributed by atoms with van der Waals surface area (Å²) >= 11 is 0. The highest BCUT2D eigenvalue weighted by Gasteiger charge is 2.27. The molecule has 2 rings (SSSR count). The number of nitrogens with one attached hydrogen (secondary N) is 1. The first kappa shape index (κ1) is 13.4. The van der Waals surface area contributed by atoms with Gasteiger partial charge >= 0.3 is 0 Å². The van der Waals surface area contributed by atoms with E-state index in [0.717, 1.165) is 18.8 Å². The van der Waals surface area contributed by atoms with Gasteiger partial charge in [0.1, 0.15) is 5.75 Å². The molecule has 1 aliphatic rings. The third-order valence-electron chi connectivity index (χ3n) is 3.91. The molecule has 1 aliphatic heterocycles. The Kier molecular flexibility index (Phi) is 3.93. The van der Waals surface area contributed by atoms with Gasteiger partial charge in [-0.2, -0.15) is 0 Å². The predicted octanol–water partition coefficient (Wildman–Crippen LogP) is 2.51. The Morgan fingerprint density at radius 2 is 2.17 bits per heavy atom. The normalized spacial score (nSPS) is 22.2. The lowest BCUT2D eigenvalue weighted by molar-refractivity contribution is 0.0105. The second-order valence-corrected chi connectivity index (χ2v) is 5.62. The highest BCUT2D eigenvalue weighted by molar-refractivity contribution is 5.37. The smallest absolute Gasteiger partial charge is 0.124 e. The van der Waals surface area contributed by atoms with Gasteiger partial charge in [-0.25, -0.2) is 0 Å². The Bertz CT molecular complexity index is 401. The van der Waals surface area contributed by atoms with Gasteiger partial charge in [0.2, 0.25) is 0 Å². The molecular formula is C15H23NO2. The van der Waals surface area contributed by atoms with Crippen molar-refractivity contribution in [1.29, 1.82) is 0 Å². The Balaban J connectivity index is 2.04. The molecule has 100 valence electrons. The van der Waals surface area contributed by atoms with Gasteiger partial charge in [0.25, 0.3) is 0 Å². The van der Waals surface area contributed by atoms with Gasteiger partial charge in [-0.15, -0.1) is 0 Å². The summed E-state index contributed by atoms with van der Waals surface area (Å²) in [5.41, 5.74) is 0.524. The summed E-state index contributed by atoms with van der Waals surface area (Å²) < 4.78 is 5.63. The maximum absolute atomic E-state index is 10.3. The van der Waals surface area contributed by atoms with E-state index in [4.69, 9.17) is 4.74 Å². The van der Waals surface area contributed by atoms with Crippen molar-refractivity contribution in [1.82, 2.24) is 5.32 Å². The molecule has 0 aromatic heterocycles. The van der Waals surface area contributed by atoms with Crippen LogP contribution in [0.1, 0.15) is 38.8 Å². The largest absolute Gasteiger partial charge is 0.493 e. The average Bonchev–Trinajstić information content (AvgIpc) is 2.36. The molecule has 0 radical (unpaired) electrons. The number of hydrogen-bond acceptors (Lipinski definition) is 3. The molecule has 0 spiro atoms. The zero-order valence-electron chi connectivity index (χ0n) is 11.4. The number of benzene rings is 1. The SMILES string of the molecule is CC(C)C(C)(O)CNC1CCOc2ccccc21. The van der Waals surface area contributed by atoms with Crippen LogP contribution in [0.25, 0.3) is 0 Å². The lowest BCUT2D eigenvalue weighted by atomic mass is 9.91. The zero-order chi connectivity index (χ0) is 13.2. The molecule has 1 heterocycles. The number of aliphatic hydroxyl groups is 1. The summed E-state index contributed by atoms with van der Waals surface area (Å²) in [6.45, 7) is 7.30. The monoisotopic (exact) mass is 249 g/mol. The minimum atomic E-state index is -0.673. The maximum Gasteiger partial charge on any atom is 0.124 e. The Hall–Kier alpha value is -1.06. The van der Waals surface area contributed by atoms with Crippen molar-refractivity contribution in [3.05, 3.63) is 29.8 Å². The summed E-state index contributed by atoms with van der Waals surface area (Å²) in [5, 5.41) is 13.7. The van der Waals surface area contributed by atoms with E-state index in [1.165, 1.54) is 5.56 Å². The van der Waals surface area contributed by atoms with Crippen molar-refractivity contribution in [2.24, 2.45) is 5.92 Å². The van der Waals surface area contributed by atoms with Crippen LogP contribution in [-0.4, -0.2) is 23.9 Å². The van der Waals surface area contributed by atoms with Crippen LogP contribution in [0, 0.1) is 5.92 Å². The number of ether oxygens (including phenoxy) is 1. The Labute approximate surface area is 109 Å². The van der Waals surface area contributed by atoms with Crippen LogP contribution in [-0.2, 0) is 0 Å². The summed E-state index contributed by atoms with van der Waals surface area (Å²) in [4.78, 5) is 0. The van der Waals surface area contributed by atoms with Crippen molar-refractivity contribution < 1.29 is 9.84 Å². The molecule has 0 fully saturated rings. The number of para-hydroxylation sites is 1. The maximum atomic E-state index is 10.3. The van der Waals surface area contributed by atoms with Crippen LogP contribution in [0.2, 0.25) is 0 Å². The molecule has 2 atom stereocenters. The molecule has 0 bridgehead atoms. The molecule has 0 saturated heterocycles. The highest BCUT2D eigenvalue weighted by Crippen LogP contribution is 2.31. The summed E-state index contributed by atoms with van der Waals surface area (Å²) in [6.07, 6.45) is 0.950. The summed E-state index contributed by atoms with van der Waals surface area (Å²) in [5.74, 6) is 1.20. The van der Waals surface area contributed by atoms with E-state index in [1.807, 2.05) is 39.0 Å². The van der Waals surface area contributed by atoms with Gasteiger partial charge in [0, 0.05) is 24.6 Å². The minimum Gasteiger partial charge on any atom is -0.493 e. The molecule has 1 aromatic rings. The number of rotatable bonds is 4. The summed E-state index contributed by atoms with van der Waals surface area (Å²) in [6, 6.07) is 8.40. The third kappa shape index (κ3) is 2.85. The molecule has 0 saturated carbocycles. The predicted molar refractivity (Wildman–Crippen MR) is 72.8 cm³/mol. The average molecular weight is 249 g/mol. The van der Waals surface area contributed by atoms with Gasteiger partial charge in [0.15, 0.2) is 0 Å². The number of hydrogen-bond donors (Lipinski definition) is 2. The quantitative estimate of drug-likeness (QED) is 0.861. The van der Waals surface area contributed by atoms with E-state index < -0.39 is 5.60 Å². The van der Waals surface area contributed by atoms with Crippen LogP contribution in [0.3, 0.4) is 0 Å². The second kappa shape index (κ2) is 5.29. The standard InChI is InChI=1S/C15H23NO2/c1-11(2)15(3,17)10-16-13-8-9-18-14-7-5-4-6-12(13)14/h4-7,11,13,16-17H,8-10H2,1-3H3. The van der Waals surface area contributed by atoms with Crippen LogP contribution >= 0.6 is 0 Å². The molecule has 1 aromatic carbocycles. The molecule has 18 heavy (non-hydrogen) atoms. The topological polar surface area (TPSA) is 41.5 Å². The van der Waals surface area contributed by atoms with Crippen LogP contribution < -0.4 is 10.1 Å². The van der Waals surface area contributed by atoms with Gasteiger partial charge in [0.05, 0.1) is 12.2 Å². The molecule has 0 amide bonds. The van der Waals surface area contributed by atoms with Crippen molar-refractivity contribution >= 4 is 0 Å². The van der Waals surface area contributed by atoms with Crippen LogP contribution in [0.15, 0.2) is 24.3 Å². The third-order valence-corrected chi connectivity index (χ3v) is 3.91. The van der Waals surface area contributed by atoms with E-state index in [9.17, 15) is 5.11 Å². The van der Waals surface area contributed by atoms with Gasteiger partial charge in [-0.1, -0.05) is 32.0 Å². The van der Waals surface area contributed by atoms with Gasteiger partial charge in [-0.3, -0.25) is 0 Å². The fraction of sp³-hybridized carbons (Fsp3) is 0.600. The van der Waals surface area contributed by atoms with Gasteiger partial charge in [-0.05, 0) is 18.9 Å². The first-order chi connectivity index (χ1) is 8.50. The molecule has 2 unspecified atom stereocenters. The van der Waals surface area contributed by atoms with E-state index in [2.05, 4.69) is 11.4 Å². The first-order valence-electron chi connectivity index (χ1n) is 6.68. The van der Waals surface area contributed by atoms with Crippen molar-refractivity contribution in [3.8, 4) is 5.75 Å².